The molecule has 1 saturated heterocycles. The smallest absolute Gasteiger partial charge is 0.289 e. The molecule has 1 saturated carbocycles. The molecule has 0 radical (unpaired) electrons. The molecule has 1 aliphatic carbocycles. The minimum absolute atomic E-state index is 0.130. The second kappa shape index (κ2) is 10.4. The van der Waals surface area contributed by atoms with E-state index in [0.29, 0.717) is 19.0 Å². The number of carbonyl (C=O) groups excluding carboxylic acids is 2. The van der Waals surface area contributed by atoms with Gasteiger partial charge < -0.3 is 21.3 Å². The van der Waals surface area contributed by atoms with Gasteiger partial charge in [0.2, 0.25) is 0 Å². The minimum Gasteiger partial charge on any atom is -0.363 e. The van der Waals surface area contributed by atoms with Crippen LogP contribution in [0.1, 0.15) is 31.2 Å². The Morgan fingerprint density at radius 3 is 2.38 bits per heavy atom. The van der Waals surface area contributed by atoms with Gasteiger partial charge >= 0.3 is 0 Å². The molecule has 9 heteroatoms. The quantitative estimate of drug-likeness (QED) is 0.427. The fraction of sp³-hybridized carbons (Fsp3) is 0.500. The second-order valence-electron chi connectivity index (χ2n) is 7.42. The first kappa shape index (κ1) is 22.8. The number of nitrogens with two attached hydrogens (primary N) is 2. The average Bonchev–Trinajstić information content (AvgIpc) is 2.70. The number of hydrogen-bond donors (Lipinski definition) is 4. The maximum absolute atomic E-state index is 12.3. The van der Waals surface area contributed by atoms with Crippen molar-refractivity contribution < 1.29 is 9.59 Å². The molecule has 1 aromatic rings. The zero-order valence-corrected chi connectivity index (χ0v) is 17.4. The van der Waals surface area contributed by atoms with Gasteiger partial charge in [-0.2, -0.15) is 0 Å². The third kappa shape index (κ3) is 6.01. The van der Waals surface area contributed by atoms with Crippen LogP contribution in [0.3, 0.4) is 0 Å². The van der Waals surface area contributed by atoms with Crippen LogP contribution in [0.2, 0.25) is 5.02 Å². The number of aryl methyl sites for hydroxylation is 1. The molecule has 2 amide bonds. The molecule has 1 aliphatic heterocycles. The highest BCUT2D eigenvalue weighted by Crippen LogP contribution is 2.28. The molecule has 2 fully saturated rings. The van der Waals surface area contributed by atoms with Crippen molar-refractivity contribution >= 4 is 35.1 Å². The van der Waals surface area contributed by atoms with E-state index in [-0.39, 0.29) is 18.4 Å². The summed E-state index contributed by atoms with van der Waals surface area (Å²) in [6.45, 7) is 3.38. The highest BCUT2D eigenvalue weighted by molar-refractivity contribution is 6.47. The molecule has 29 heavy (non-hydrogen) atoms. The summed E-state index contributed by atoms with van der Waals surface area (Å²) in [5, 5.41) is 16.2. The number of halogens is 1. The topological polar surface area (TPSA) is 140 Å². The standard InChI is InChI=1S/C13H22N6O2.C7H7Cl/c14-7-8-1-3-9(4-2-8)18-5-6-19(10(15)12(17)20)11(16)13(18)21;1-6-3-2-4-7(8)5-6/h8-9,15-16H,1-7,14H2,(H2,17,20);2-5H,1H3. The maximum Gasteiger partial charge on any atom is 0.289 e. The molecule has 6 N–H and O–H groups in total. The first-order chi connectivity index (χ1) is 13.7. The molecular formula is C20H29ClN6O2. The molecule has 3 rings (SSSR count). The Hall–Kier alpha value is -2.45. The van der Waals surface area contributed by atoms with E-state index in [4.69, 9.17) is 33.9 Å². The van der Waals surface area contributed by atoms with Crippen LogP contribution in [0.4, 0.5) is 0 Å². The van der Waals surface area contributed by atoms with Crippen LogP contribution in [0.5, 0.6) is 0 Å². The maximum atomic E-state index is 12.3. The molecule has 2 aliphatic rings. The molecule has 8 nitrogen and oxygen atoms in total. The largest absolute Gasteiger partial charge is 0.363 e. The van der Waals surface area contributed by atoms with Crippen molar-refractivity contribution in [1.29, 1.82) is 10.8 Å². The Balaban J connectivity index is 0.000000313. The number of benzene rings is 1. The number of rotatable bonds is 2. The highest BCUT2D eigenvalue weighted by atomic mass is 35.5. The molecule has 0 unspecified atom stereocenters. The van der Waals surface area contributed by atoms with Gasteiger partial charge in [-0.25, -0.2) is 0 Å². The summed E-state index contributed by atoms with van der Waals surface area (Å²) in [5.74, 6) is -1.67. The lowest BCUT2D eigenvalue weighted by Crippen LogP contribution is -2.60. The summed E-state index contributed by atoms with van der Waals surface area (Å²) in [4.78, 5) is 26.1. The number of nitrogens with zero attached hydrogens (tertiary/aromatic N) is 2. The van der Waals surface area contributed by atoms with Crippen molar-refractivity contribution in [2.75, 3.05) is 19.6 Å². The van der Waals surface area contributed by atoms with Crippen LogP contribution in [0.15, 0.2) is 24.3 Å². The van der Waals surface area contributed by atoms with E-state index in [1.807, 2.05) is 31.2 Å². The van der Waals surface area contributed by atoms with Gasteiger partial charge in [-0.15, -0.1) is 0 Å². The molecule has 0 spiro atoms. The number of hydrogen-bond acceptors (Lipinski definition) is 5. The summed E-state index contributed by atoms with van der Waals surface area (Å²) in [7, 11) is 0. The molecule has 0 atom stereocenters. The number of amides is 2. The minimum atomic E-state index is -0.926. The number of nitrogens with one attached hydrogen (secondary N) is 2. The van der Waals surface area contributed by atoms with Crippen LogP contribution < -0.4 is 11.5 Å². The summed E-state index contributed by atoms with van der Waals surface area (Å²) in [5.41, 5.74) is 11.9. The highest BCUT2D eigenvalue weighted by Gasteiger charge is 2.37. The van der Waals surface area contributed by atoms with Crippen molar-refractivity contribution in [3.63, 3.8) is 0 Å². The van der Waals surface area contributed by atoms with Crippen LogP contribution in [-0.2, 0) is 9.59 Å². The van der Waals surface area contributed by atoms with Crippen LogP contribution in [0, 0.1) is 23.7 Å². The van der Waals surface area contributed by atoms with Crippen molar-refractivity contribution in [3.8, 4) is 0 Å². The van der Waals surface area contributed by atoms with E-state index in [9.17, 15) is 9.59 Å². The lowest BCUT2D eigenvalue weighted by Gasteiger charge is -2.41. The molecule has 0 bridgehead atoms. The molecular weight excluding hydrogens is 392 g/mol. The van der Waals surface area contributed by atoms with Crippen LogP contribution in [-0.4, -0.2) is 59.0 Å². The molecule has 1 aromatic carbocycles. The Labute approximate surface area is 176 Å². The number of primary amides is 1. The van der Waals surface area contributed by atoms with Crippen molar-refractivity contribution in [2.24, 2.45) is 17.4 Å². The van der Waals surface area contributed by atoms with E-state index < -0.39 is 17.6 Å². The van der Waals surface area contributed by atoms with Crippen LogP contribution >= 0.6 is 11.6 Å². The Kier molecular flexibility index (Phi) is 8.16. The number of amidine groups is 2. The summed E-state index contributed by atoms with van der Waals surface area (Å²) in [6, 6.07) is 7.89. The van der Waals surface area contributed by atoms with Gasteiger partial charge in [0.25, 0.3) is 11.8 Å². The third-order valence-electron chi connectivity index (χ3n) is 5.37. The normalized spacial score (nSPS) is 22.0. The predicted octanol–water partition coefficient (Wildman–Crippen LogP) is 1.74. The Morgan fingerprint density at radius 2 is 1.90 bits per heavy atom. The van der Waals surface area contributed by atoms with Gasteiger partial charge in [0, 0.05) is 24.2 Å². The van der Waals surface area contributed by atoms with Gasteiger partial charge in [-0.3, -0.25) is 20.4 Å². The predicted molar refractivity (Wildman–Crippen MR) is 114 cm³/mol. The Morgan fingerprint density at radius 1 is 1.24 bits per heavy atom. The summed E-state index contributed by atoms with van der Waals surface area (Å²) in [6.07, 6.45) is 3.79. The van der Waals surface area contributed by atoms with Crippen molar-refractivity contribution in [3.05, 3.63) is 34.9 Å². The van der Waals surface area contributed by atoms with Crippen molar-refractivity contribution in [2.45, 2.75) is 38.6 Å². The number of piperazine rings is 1. The molecule has 0 aromatic heterocycles. The van der Waals surface area contributed by atoms with E-state index in [2.05, 4.69) is 0 Å². The number of carbonyl (C=O) groups is 2. The SMILES string of the molecule is Cc1cccc(Cl)c1.N=C(C(N)=O)N1CCN(C2CCC(CN)CC2)C(=O)C1=N. The summed E-state index contributed by atoms with van der Waals surface area (Å²) < 4.78 is 0. The van der Waals surface area contributed by atoms with Gasteiger partial charge in [0.05, 0.1) is 0 Å². The molecule has 158 valence electrons. The van der Waals surface area contributed by atoms with E-state index >= 15 is 0 Å². The first-order valence-electron chi connectivity index (χ1n) is 9.72. The lowest BCUT2D eigenvalue weighted by molar-refractivity contribution is -0.129. The third-order valence-corrected chi connectivity index (χ3v) is 5.61. The van der Waals surface area contributed by atoms with E-state index in [1.165, 1.54) is 5.56 Å². The van der Waals surface area contributed by atoms with Gasteiger partial charge in [0.1, 0.15) is 0 Å². The molecule has 1 heterocycles. The lowest BCUT2D eigenvalue weighted by atomic mass is 9.85. The van der Waals surface area contributed by atoms with Crippen LogP contribution in [0.25, 0.3) is 0 Å². The monoisotopic (exact) mass is 420 g/mol. The van der Waals surface area contributed by atoms with Gasteiger partial charge in [-0.05, 0) is 62.8 Å². The zero-order valence-electron chi connectivity index (χ0n) is 16.7. The van der Waals surface area contributed by atoms with Gasteiger partial charge in [0.15, 0.2) is 11.7 Å². The fourth-order valence-corrected chi connectivity index (χ4v) is 3.92. The van der Waals surface area contributed by atoms with Gasteiger partial charge in [-0.1, -0.05) is 23.7 Å². The second-order valence-corrected chi connectivity index (χ2v) is 7.86. The Bertz CT molecular complexity index is 759. The van der Waals surface area contributed by atoms with E-state index in [0.717, 1.165) is 35.6 Å². The first-order valence-corrected chi connectivity index (χ1v) is 10.1. The summed E-state index contributed by atoms with van der Waals surface area (Å²) >= 11 is 5.64. The van der Waals surface area contributed by atoms with Crippen molar-refractivity contribution in [1.82, 2.24) is 9.80 Å². The average molecular weight is 421 g/mol. The fourth-order valence-electron chi connectivity index (χ4n) is 3.68. The zero-order chi connectivity index (χ0) is 21.6. The van der Waals surface area contributed by atoms with E-state index in [1.54, 1.807) is 4.90 Å².